The van der Waals surface area contributed by atoms with Gasteiger partial charge >= 0.3 is 0 Å². The smallest absolute Gasteiger partial charge is 0.0487 e. The zero-order valence-electron chi connectivity index (χ0n) is 12.3. The van der Waals surface area contributed by atoms with Gasteiger partial charge in [-0.25, -0.2) is 0 Å². The molecule has 1 heterocycles. The Morgan fingerprint density at radius 2 is 1.90 bits per heavy atom. The molecule has 0 spiro atoms. The zero-order chi connectivity index (χ0) is 14.1. The molecular formula is C18H20N2. The minimum absolute atomic E-state index is 0.962. The topological polar surface area (TPSA) is 8.17 Å². The Morgan fingerprint density at radius 1 is 1.15 bits per heavy atom. The first-order chi connectivity index (χ1) is 9.65. The van der Waals surface area contributed by atoms with Crippen LogP contribution in [0.5, 0.6) is 0 Å². The van der Waals surface area contributed by atoms with Crippen LogP contribution in [0.1, 0.15) is 11.1 Å². The molecule has 0 fully saturated rings. The summed E-state index contributed by atoms with van der Waals surface area (Å²) >= 11 is 0. The van der Waals surface area contributed by atoms with Crippen LogP contribution in [0.15, 0.2) is 54.3 Å². The van der Waals surface area contributed by atoms with Gasteiger partial charge in [0.25, 0.3) is 0 Å². The molecule has 0 unspecified atom stereocenters. The lowest BCUT2D eigenvalue weighted by Crippen LogP contribution is -2.10. The van der Waals surface area contributed by atoms with E-state index in [4.69, 9.17) is 0 Å². The Hall–Kier alpha value is -2.06. The minimum atomic E-state index is 0.962. The monoisotopic (exact) mass is 264 g/mol. The summed E-state index contributed by atoms with van der Waals surface area (Å²) in [6.07, 6.45) is 13.0. The van der Waals surface area contributed by atoms with Crippen LogP contribution in [0.2, 0.25) is 0 Å². The maximum atomic E-state index is 2.27. The van der Waals surface area contributed by atoms with Crippen molar-refractivity contribution in [1.29, 1.82) is 0 Å². The summed E-state index contributed by atoms with van der Waals surface area (Å²) in [5.74, 6) is 0. The minimum Gasteiger partial charge on any atom is -0.350 e. The van der Waals surface area contributed by atoms with E-state index >= 15 is 0 Å². The second kappa shape index (κ2) is 5.14. The van der Waals surface area contributed by atoms with Crippen LogP contribution in [0.25, 0.3) is 17.0 Å². The Morgan fingerprint density at radius 3 is 2.60 bits per heavy atom. The van der Waals surface area contributed by atoms with Crippen LogP contribution in [0, 0.1) is 0 Å². The highest BCUT2D eigenvalue weighted by molar-refractivity contribution is 5.93. The molecule has 1 aliphatic rings. The predicted octanol–water partition coefficient (Wildman–Crippen LogP) is 3.75. The maximum absolute atomic E-state index is 2.27. The van der Waals surface area contributed by atoms with Gasteiger partial charge in [0.15, 0.2) is 0 Å². The van der Waals surface area contributed by atoms with Crippen molar-refractivity contribution in [2.75, 3.05) is 14.1 Å². The third-order valence-electron chi connectivity index (χ3n) is 3.62. The lowest BCUT2D eigenvalue weighted by Gasteiger charge is -2.09. The molecule has 20 heavy (non-hydrogen) atoms. The zero-order valence-corrected chi connectivity index (χ0v) is 12.3. The quantitative estimate of drug-likeness (QED) is 0.819. The van der Waals surface area contributed by atoms with Gasteiger partial charge < -0.3 is 9.47 Å². The number of fused-ring (bicyclic) bond motifs is 1. The van der Waals surface area contributed by atoms with Gasteiger partial charge in [0, 0.05) is 30.7 Å². The molecule has 0 N–H and O–H groups in total. The third kappa shape index (κ3) is 2.35. The summed E-state index contributed by atoms with van der Waals surface area (Å²) in [5, 5.41) is 1.37. The second-order valence-electron chi connectivity index (χ2n) is 5.61. The lowest BCUT2D eigenvalue weighted by molar-refractivity contribution is 0.404. The Bertz CT molecular complexity index is 713. The van der Waals surface area contributed by atoms with Gasteiger partial charge in [0.2, 0.25) is 0 Å². The van der Waals surface area contributed by atoms with E-state index in [0.717, 1.165) is 6.54 Å². The number of rotatable bonds is 3. The molecule has 0 saturated heterocycles. The van der Waals surface area contributed by atoms with Crippen LogP contribution < -0.4 is 0 Å². The van der Waals surface area contributed by atoms with E-state index < -0.39 is 0 Å². The Kier molecular flexibility index (Phi) is 3.33. The number of aromatic nitrogens is 1. The highest BCUT2D eigenvalue weighted by atomic mass is 15.1. The van der Waals surface area contributed by atoms with Crippen molar-refractivity contribution in [3.8, 4) is 0 Å². The maximum Gasteiger partial charge on any atom is 0.0487 e. The lowest BCUT2D eigenvalue weighted by atomic mass is 10.0. The van der Waals surface area contributed by atoms with Gasteiger partial charge in [0.1, 0.15) is 0 Å². The van der Waals surface area contributed by atoms with Crippen molar-refractivity contribution >= 4 is 17.0 Å². The average Bonchev–Trinajstić information content (AvgIpc) is 2.99. The Labute approximate surface area is 120 Å². The molecule has 0 bridgehead atoms. The fourth-order valence-electron chi connectivity index (χ4n) is 2.81. The van der Waals surface area contributed by atoms with Gasteiger partial charge in [-0.15, -0.1) is 0 Å². The van der Waals surface area contributed by atoms with E-state index in [-0.39, 0.29) is 0 Å². The first-order valence-electron chi connectivity index (χ1n) is 6.93. The van der Waals surface area contributed by atoms with Crippen molar-refractivity contribution < 1.29 is 0 Å². The van der Waals surface area contributed by atoms with Gasteiger partial charge in [0.05, 0.1) is 0 Å². The molecule has 1 aliphatic carbocycles. The van der Waals surface area contributed by atoms with Crippen molar-refractivity contribution in [2.45, 2.75) is 6.54 Å². The van der Waals surface area contributed by atoms with E-state index in [0.29, 0.717) is 0 Å². The average molecular weight is 264 g/mol. The summed E-state index contributed by atoms with van der Waals surface area (Å²) in [5.41, 5.74) is 5.23. The molecule has 0 amide bonds. The van der Waals surface area contributed by atoms with Crippen molar-refractivity contribution in [3.05, 3.63) is 65.4 Å². The summed E-state index contributed by atoms with van der Waals surface area (Å²) in [7, 11) is 6.35. The second-order valence-corrected chi connectivity index (χ2v) is 5.61. The van der Waals surface area contributed by atoms with Gasteiger partial charge in [-0.2, -0.15) is 0 Å². The molecule has 1 aromatic carbocycles. The highest BCUT2D eigenvalue weighted by Crippen LogP contribution is 2.28. The first-order valence-corrected chi connectivity index (χ1v) is 6.93. The number of aryl methyl sites for hydroxylation is 1. The van der Waals surface area contributed by atoms with Crippen LogP contribution >= 0.6 is 0 Å². The van der Waals surface area contributed by atoms with Crippen LogP contribution in [-0.2, 0) is 13.6 Å². The predicted molar refractivity (Wildman–Crippen MR) is 86.6 cm³/mol. The van der Waals surface area contributed by atoms with Crippen molar-refractivity contribution in [1.82, 2.24) is 9.47 Å². The van der Waals surface area contributed by atoms with E-state index in [1.165, 1.54) is 27.6 Å². The summed E-state index contributed by atoms with van der Waals surface area (Å²) in [6, 6.07) is 6.53. The molecule has 0 saturated carbocycles. The van der Waals surface area contributed by atoms with Crippen LogP contribution in [-0.4, -0.2) is 23.6 Å². The molecule has 2 nitrogen and oxygen atoms in total. The Balaban J connectivity index is 2.18. The highest BCUT2D eigenvalue weighted by Gasteiger charge is 2.10. The fourth-order valence-corrected chi connectivity index (χ4v) is 2.81. The first kappa shape index (κ1) is 12.9. The van der Waals surface area contributed by atoms with E-state index in [1.807, 2.05) is 0 Å². The van der Waals surface area contributed by atoms with Crippen LogP contribution in [0.4, 0.5) is 0 Å². The number of hydrogen-bond acceptors (Lipinski definition) is 1. The molecule has 1 aromatic heterocycles. The molecular weight excluding hydrogens is 244 g/mol. The van der Waals surface area contributed by atoms with E-state index in [1.54, 1.807) is 0 Å². The summed E-state index contributed by atoms with van der Waals surface area (Å²) < 4.78 is 2.22. The van der Waals surface area contributed by atoms with E-state index in [2.05, 4.69) is 85.4 Å². The van der Waals surface area contributed by atoms with Gasteiger partial charge in [-0.05, 0) is 42.9 Å². The number of benzene rings is 1. The van der Waals surface area contributed by atoms with Gasteiger partial charge in [-0.3, -0.25) is 0 Å². The third-order valence-corrected chi connectivity index (χ3v) is 3.62. The number of nitrogens with zero attached hydrogens (tertiary/aromatic N) is 2. The number of hydrogen-bond donors (Lipinski definition) is 0. The fraction of sp³-hybridized carbons (Fsp3) is 0.222. The number of allylic oxidation sites excluding steroid dienone is 5. The van der Waals surface area contributed by atoms with Gasteiger partial charge in [-0.1, -0.05) is 36.4 Å². The SMILES string of the molecule is CN(C)Cc1cn(C)c2cccc(C=C3C=CC=C3)c12. The van der Waals surface area contributed by atoms with E-state index in [9.17, 15) is 0 Å². The largest absolute Gasteiger partial charge is 0.350 e. The molecule has 2 aromatic rings. The molecule has 0 aliphatic heterocycles. The van der Waals surface area contributed by atoms with Crippen molar-refractivity contribution in [3.63, 3.8) is 0 Å². The molecule has 0 atom stereocenters. The van der Waals surface area contributed by atoms with Crippen molar-refractivity contribution in [2.24, 2.45) is 7.05 Å². The molecule has 3 rings (SSSR count). The standard InChI is InChI=1S/C18H20N2/c1-19(2)12-16-13-20(3)17-10-6-9-15(18(16)17)11-14-7-4-5-8-14/h4-11,13H,12H2,1-3H3. The molecule has 102 valence electrons. The normalized spacial score (nSPS) is 13.9. The van der Waals surface area contributed by atoms with Crippen LogP contribution in [0.3, 0.4) is 0 Å². The summed E-state index contributed by atoms with van der Waals surface area (Å²) in [6.45, 7) is 0.962. The molecule has 2 heteroatoms. The molecule has 0 radical (unpaired) electrons. The summed E-state index contributed by atoms with van der Waals surface area (Å²) in [4.78, 5) is 2.22.